The third-order valence-electron chi connectivity index (χ3n) is 3.65. The van der Waals surface area contributed by atoms with Gasteiger partial charge in [0.25, 0.3) is 0 Å². The van der Waals surface area contributed by atoms with Crippen LogP contribution in [0.15, 0.2) is 54.6 Å². The van der Waals surface area contributed by atoms with Gasteiger partial charge in [-0.25, -0.2) is 4.79 Å². The number of esters is 1. The van der Waals surface area contributed by atoms with E-state index in [4.69, 9.17) is 9.47 Å². The molecule has 3 heteroatoms. The number of carbonyl (C=O) groups is 1. The van der Waals surface area contributed by atoms with Crippen LogP contribution in [0.1, 0.15) is 23.2 Å². The van der Waals surface area contributed by atoms with E-state index in [0.717, 1.165) is 30.6 Å². The number of carbonyl (C=O) groups excluding carboxylic acids is 1. The van der Waals surface area contributed by atoms with Gasteiger partial charge >= 0.3 is 5.97 Å². The van der Waals surface area contributed by atoms with Crippen LogP contribution >= 0.6 is 0 Å². The summed E-state index contributed by atoms with van der Waals surface area (Å²) in [5.74, 6) is -0.287. The summed E-state index contributed by atoms with van der Waals surface area (Å²) in [6.07, 6.45) is 2.09. The minimum absolute atomic E-state index is 0.0672. The van der Waals surface area contributed by atoms with Crippen LogP contribution < -0.4 is 0 Å². The molecule has 1 saturated heterocycles. The van der Waals surface area contributed by atoms with Gasteiger partial charge in [-0.05, 0) is 36.1 Å². The monoisotopic (exact) mass is 282 g/mol. The Morgan fingerprint density at radius 2 is 1.76 bits per heavy atom. The summed E-state index contributed by atoms with van der Waals surface area (Å²) in [6.45, 7) is 1.12. The number of ether oxygens (including phenoxy) is 2. The highest BCUT2D eigenvalue weighted by Crippen LogP contribution is 2.20. The molecule has 1 fully saturated rings. The van der Waals surface area contributed by atoms with Crippen molar-refractivity contribution in [2.75, 3.05) is 13.2 Å². The fourth-order valence-electron chi connectivity index (χ4n) is 2.46. The first-order valence-electron chi connectivity index (χ1n) is 7.27. The highest BCUT2D eigenvalue weighted by Gasteiger charge is 2.18. The maximum atomic E-state index is 12.0. The Balaban J connectivity index is 1.62. The van der Waals surface area contributed by atoms with E-state index in [9.17, 15) is 4.79 Å². The Labute approximate surface area is 124 Å². The third-order valence-corrected chi connectivity index (χ3v) is 3.65. The van der Waals surface area contributed by atoms with Crippen molar-refractivity contribution in [1.82, 2.24) is 0 Å². The predicted molar refractivity (Wildman–Crippen MR) is 81.1 cm³/mol. The standard InChI is InChI=1S/C18H18O3/c19-18(21-13-17-7-4-12-20-17)16-10-8-15(9-11-16)14-5-2-1-3-6-14/h1-3,5-6,8-11,17H,4,7,12-13H2/t17-/m0/s1. The lowest BCUT2D eigenvalue weighted by molar-refractivity contribution is 0.0161. The third kappa shape index (κ3) is 3.50. The van der Waals surface area contributed by atoms with Crippen LogP contribution in [0, 0.1) is 0 Å². The first kappa shape index (κ1) is 13.8. The molecule has 0 bridgehead atoms. The van der Waals surface area contributed by atoms with Crippen molar-refractivity contribution < 1.29 is 14.3 Å². The average molecular weight is 282 g/mol. The second-order valence-electron chi connectivity index (χ2n) is 5.18. The number of rotatable bonds is 4. The summed E-state index contributed by atoms with van der Waals surface area (Å²) < 4.78 is 10.7. The second kappa shape index (κ2) is 6.55. The molecule has 3 rings (SSSR count). The summed E-state index contributed by atoms with van der Waals surface area (Å²) in [5.41, 5.74) is 2.80. The highest BCUT2D eigenvalue weighted by molar-refractivity contribution is 5.90. The zero-order valence-electron chi connectivity index (χ0n) is 11.8. The van der Waals surface area contributed by atoms with E-state index in [1.165, 1.54) is 0 Å². The minimum Gasteiger partial charge on any atom is -0.459 e. The molecule has 2 aromatic carbocycles. The van der Waals surface area contributed by atoms with Gasteiger partial charge in [0.15, 0.2) is 0 Å². The van der Waals surface area contributed by atoms with Crippen molar-refractivity contribution in [1.29, 1.82) is 0 Å². The molecule has 0 unspecified atom stereocenters. The minimum atomic E-state index is -0.287. The zero-order chi connectivity index (χ0) is 14.5. The van der Waals surface area contributed by atoms with E-state index in [-0.39, 0.29) is 12.1 Å². The molecule has 1 aliphatic rings. The van der Waals surface area contributed by atoms with Gasteiger partial charge in [0.2, 0.25) is 0 Å². The molecule has 0 radical (unpaired) electrons. The average Bonchev–Trinajstić information content (AvgIpc) is 3.07. The van der Waals surface area contributed by atoms with E-state index in [0.29, 0.717) is 12.2 Å². The van der Waals surface area contributed by atoms with E-state index >= 15 is 0 Å². The van der Waals surface area contributed by atoms with Gasteiger partial charge in [-0.3, -0.25) is 0 Å². The molecule has 0 amide bonds. The van der Waals surface area contributed by atoms with Crippen LogP contribution in [0.25, 0.3) is 11.1 Å². The fourth-order valence-corrected chi connectivity index (χ4v) is 2.46. The van der Waals surface area contributed by atoms with Gasteiger partial charge in [-0.15, -0.1) is 0 Å². The van der Waals surface area contributed by atoms with Crippen molar-refractivity contribution in [2.24, 2.45) is 0 Å². The molecule has 108 valence electrons. The van der Waals surface area contributed by atoms with Crippen molar-refractivity contribution in [2.45, 2.75) is 18.9 Å². The molecule has 2 aromatic rings. The molecule has 0 N–H and O–H groups in total. The molecule has 21 heavy (non-hydrogen) atoms. The molecule has 1 heterocycles. The quantitative estimate of drug-likeness (QED) is 0.802. The van der Waals surface area contributed by atoms with Gasteiger partial charge in [-0.2, -0.15) is 0 Å². The molecule has 0 aliphatic carbocycles. The SMILES string of the molecule is O=C(OC[C@@H]1CCCO1)c1ccc(-c2ccccc2)cc1. The summed E-state index contributed by atoms with van der Waals surface area (Å²) in [7, 11) is 0. The van der Waals surface area contributed by atoms with Crippen LogP contribution in [-0.2, 0) is 9.47 Å². The maximum Gasteiger partial charge on any atom is 0.338 e. The molecular formula is C18H18O3. The summed E-state index contributed by atoms with van der Waals surface area (Å²) in [5, 5.41) is 0. The van der Waals surface area contributed by atoms with Crippen LogP contribution in [0.4, 0.5) is 0 Å². The topological polar surface area (TPSA) is 35.5 Å². The lowest BCUT2D eigenvalue weighted by Crippen LogP contribution is -2.17. The van der Waals surface area contributed by atoms with Gasteiger partial charge in [0, 0.05) is 6.61 Å². The second-order valence-corrected chi connectivity index (χ2v) is 5.18. The van der Waals surface area contributed by atoms with E-state index in [2.05, 4.69) is 0 Å². The molecule has 0 saturated carbocycles. The van der Waals surface area contributed by atoms with Crippen molar-refractivity contribution in [3.63, 3.8) is 0 Å². The smallest absolute Gasteiger partial charge is 0.338 e. The van der Waals surface area contributed by atoms with E-state index in [1.54, 1.807) is 12.1 Å². The number of hydrogen-bond acceptors (Lipinski definition) is 3. The zero-order valence-corrected chi connectivity index (χ0v) is 11.8. The first-order chi connectivity index (χ1) is 10.3. The number of benzene rings is 2. The van der Waals surface area contributed by atoms with E-state index in [1.807, 2.05) is 42.5 Å². The van der Waals surface area contributed by atoms with Crippen LogP contribution in [0.3, 0.4) is 0 Å². The van der Waals surface area contributed by atoms with Gasteiger partial charge in [0.05, 0.1) is 11.7 Å². The summed E-state index contributed by atoms with van der Waals surface area (Å²) in [4.78, 5) is 12.0. The molecule has 0 spiro atoms. The van der Waals surface area contributed by atoms with Crippen LogP contribution in [0.2, 0.25) is 0 Å². The van der Waals surface area contributed by atoms with Gasteiger partial charge in [-0.1, -0.05) is 42.5 Å². The van der Waals surface area contributed by atoms with Crippen molar-refractivity contribution >= 4 is 5.97 Å². The first-order valence-corrected chi connectivity index (χ1v) is 7.27. The molecule has 0 aromatic heterocycles. The Bertz CT molecular complexity index is 584. The van der Waals surface area contributed by atoms with Crippen molar-refractivity contribution in [3.05, 3.63) is 60.2 Å². The number of hydrogen-bond donors (Lipinski definition) is 0. The van der Waals surface area contributed by atoms with Gasteiger partial charge < -0.3 is 9.47 Å². The Kier molecular flexibility index (Phi) is 4.31. The summed E-state index contributed by atoms with van der Waals surface area (Å²) in [6, 6.07) is 17.6. The Morgan fingerprint density at radius 3 is 2.43 bits per heavy atom. The molecule has 3 nitrogen and oxygen atoms in total. The Morgan fingerprint density at radius 1 is 1.05 bits per heavy atom. The molecule has 1 aliphatic heterocycles. The van der Waals surface area contributed by atoms with Crippen LogP contribution in [-0.4, -0.2) is 25.3 Å². The normalized spacial score (nSPS) is 17.6. The maximum absolute atomic E-state index is 12.0. The summed E-state index contributed by atoms with van der Waals surface area (Å²) >= 11 is 0. The van der Waals surface area contributed by atoms with Crippen molar-refractivity contribution in [3.8, 4) is 11.1 Å². The lowest BCUT2D eigenvalue weighted by Gasteiger charge is -2.10. The molecular weight excluding hydrogens is 264 g/mol. The van der Waals surface area contributed by atoms with Crippen LogP contribution in [0.5, 0.6) is 0 Å². The predicted octanol–water partition coefficient (Wildman–Crippen LogP) is 3.69. The fraction of sp³-hybridized carbons (Fsp3) is 0.278. The largest absolute Gasteiger partial charge is 0.459 e. The Hall–Kier alpha value is -2.13. The van der Waals surface area contributed by atoms with E-state index < -0.39 is 0 Å². The lowest BCUT2D eigenvalue weighted by atomic mass is 10.0. The molecule has 1 atom stereocenters. The highest BCUT2D eigenvalue weighted by atomic mass is 16.6. The van der Waals surface area contributed by atoms with Gasteiger partial charge in [0.1, 0.15) is 6.61 Å².